The number of hydrogen-bond donors (Lipinski definition) is 1. The van der Waals surface area contributed by atoms with E-state index in [1.807, 2.05) is 42.6 Å². The summed E-state index contributed by atoms with van der Waals surface area (Å²) in [5, 5.41) is 6.13. The molecule has 0 amide bonds. The Hall–Kier alpha value is -1.20. The highest BCUT2D eigenvalue weighted by atomic mass is 35.5. The van der Waals surface area contributed by atoms with E-state index in [1.54, 1.807) is 4.88 Å². The maximum Gasteiger partial charge on any atom is 0.157 e. The van der Waals surface area contributed by atoms with E-state index in [2.05, 4.69) is 34.7 Å². The molecule has 0 bridgehead atoms. The third kappa shape index (κ3) is 5.02. The molecule has 0 radical (unpaired) electrons. The molecule has 34 heavy (non-hydrogen) atoms. The summed E-state index contributed by atoms with van der Waals surface area (Å²) in [7, 11) is 1.84. The molecule has 5 rings (SSSR count). The molecule has 1 aromatic heterocycles. The van der Waals surface area contributed by atoms with Gasteiger partial charge in [-0.25, -0.2) is 0 Å². The second kappa shape index (κ2) is 11.7. The van der Waals surface area contributed by atoms with Crippen LogP contribution in [0, 0.1) is 5.92 Å². The maximum atomic E-state index is 12.2. The number of thiophene rings is 1. The van der Waals surface area contributed by atoms with Crippen LogP contribution in [-0.2, 0) is 15.9 Å². The third-order valence-corrected chi connectivity index (χ3v) is 9.94. The minimum Gasteiger partial charge on any atom is -0.304 e. The SMILES string of the molecule is CNC1(c2ccccc2Cl)CCCCC1=O.C[C@H]1CCCC[C@@]1(c1cccs1)N1CCCCC1. The van der Waals surface area contributed by atoms with Gasteiger partial charge >= 0.3 is 0 Å². The van der Waals surface area contributed by atoms with Crippen LogP contribution in [0.4, 0.5) is 0 Å². The summed E-state index contributed by atoms with van der Waals surface area (Å²) < 4.78 is 0. The van der Waals surface area contributed by atoms with Crippen molar-refractivity contribution in [3.05, 3.63) is 57.2 Å². The molecule has 1 N–H and O–H groups in total. The molecule has 1 aromatic carbocycles. The van der Waals surface area contributed by atoms with Crippen LogP contribution in [0.2, 0.25) is 5.02 Å². The van der Waals surface area contributed by atoms with Crippen LogP contribution in [0.3, 0.4) is 0 Å². The van der Waals surface area contributed by atoms with Crippen LogP contribution in [0.5, 0.6) is 0 Å². The van der Waals surface area contributed by atoms with Crippen LogP contribution >= 0.6 is 22.9 Å². The number of hydrogen-bond acceptors (Lipinski definition) is 4. The number of nitrogens with one attached hydrogen (secondary N) is 1. The predicted molar refractivity (Wildman–Crippen MR) is 145 cm³/mol. The van der Waals surface area contributed by atoms with Crippen LogP contribution < -0.4 is 5.32 Å². The fourth-order valence-electron chi connectivity index (χ4n) is 6.66. The number of likely N-dealkylation sites (tertiary alicyclic amines) is 1. The van der Waals surface area contributed by atoms with Gasteiger partial charge in [-0.3, -0.25) is 9.69 Å². The van der Waals surface area contributed by atoms with Crippen LogP contribution in [-0.4, -0.2) is 30.8 Å². The molecular weight excluding hydrogens is 460 g/mol. The molecule has 2 aliphatic carbocycles. The lowest BCUT2D eigenvalue weighted by Crippen LogP contribution is -2.53. The smallest absolute Gasteiger partial charge is 0.157 e. The largest absolute Gasteiger partial charge is 0.304 e. The van der Waals surface area contributed by atoms with E-state index < -0.39 is 5.54 Å². The number of halogens is 1. The van der Waals surface area contributed by atoms with Gasteiger partial charge in [-0.15, -0.1) is 11.3 Å². The normalized spacial score (nSPS) is 30.4. The Bertz CT molecular complexity index is 926. The van der Waals surface area contributed by atoms with Crippen molar-refractivity contribution in [1.82, 2.24) is 10.2 Å². The minimum absolute atomic E-state index is 0.259. The highest BCUT2D eigenvalue weighted by molar-refractivity contribution is 7.10. The van der Waals surface area contributed by atoms with Crippen molar-refractivity contribution in [3.63, 3.8) is 0 Å². The maximum absolute atomic E-state index is 12.2. The molecule has 1 saturated heterocycles. The lowest BCUT2D eigenvalue weighted by atomic mass is 9.71. The Kier molecular flexibility index (Phi) is 8.90. The van der Waals surface area contributed by atoms with E-state index in [1.165, 1.54) is 58.0 Å². The van der Waals surface area contributed by atoms with Crippen molar-refractivity contribution in [2.24, 2.45) is 5.92 Å². The van der Waals surface area contributed by atoms with Gasteiger partial charge in [0.25, 0.3) is 0 Å². The lowest BCUT2D eigenvalue weighted by molar-refractivity contribution is -0.127. The standard InChI is InChI=1S/C16H25NS.C13H16ClNO/c1-14-8-3-4-10-16(14,15-9-7-13-18-15)17-11-5-2-6-12-17;1-15-13(9-5-4-8-12(13)16)10-6-2-3-7-11(10)14/h7,9,13-14H,2-6,8,10-12H2,1H3;2-3,6-7,15H,4-5,8-9H2,1H3/t14-,16+;/m0./s1. The average Bonchev–Trinajstić information content (AvgIpc) is 3.42. The summed E-state index contributed by atoms with van der Waals surface area (Å²) in [6, 6.07) is 12.2. The molecule has 0 spiro atoms. The molecule has 1 aliphatic heterocycles. The molecule has 5 heteroatoms. The predicted octanol–water partition coefficient (Wildman–Crippen LogP) is 7.54. The van der Waals surface area contributed by atoms with Crippen molar-refractivity contribution in [2.75, 3.05) is 20.1 Å². The number of nitrogens with zero attached hydrogens (tertiary/aromatic N) is 1. The number of carbonyl (C=O) groups excluding carboxylic acids is 1. The zero-order chi connectivity index (χ0) is 24.0. The number of rotatable bonds is 4. The van der Waals surface area contributed by atoms with E-state index in [0.29, 0.717) is 17.0 Å². The molecule has 186 valence electrons. The highest BCUT2D eigenvalue weighted by Crippen LogP contribution is 2.48. The number of piperidine rings is 1. The van der Waals surface area contributed by atoms with E-state index in [0.717, 1.165) is 30.7 Å². The summed E-state index contributed by atoms with van der Waals surface area (Å²) in [5.74, 6) is 1.08. The highest BCUT2D eigenvalue weighted by Gasteiger charge is 2.45. The summed E-state index contributed by atoms with van der Waals surface area (Å²) in [5.41, 5.74) is 0.743. The molecular formula is C29H41ClN2OS. The molecule has 3 fully saturated rings. The third-order valence-electron chi connectivity index (χ3n) is 8.57. The Morgan fingerprint density at radius 3 is 2.38 bits per heavy atom. The molecule has 1 unspecified atom stereocenters. The first-order valence-corrected chi connectivity index (χ1v) is 14.6. The van der Waals surface area contributed by atoms with Gasteiger partial charge in [-0.2, -0.15) is 0 Å². The van der Waals surface area contributed by atoms with Gasteiger partial charge in [-0.1, -0.05) is 68.5 Å². The van der Waals surface area contributed by atoms with E-state index in [4.69, 9.17) is 11.6 Å². The van der Waals surface area contributed by atoms with E-state index >= 15 is 0 Å². The number of carbonyl (C=O) groups is 1. The number of ketones is 1. The molecule has 3 atom stereocenters. The van der Waals surface area contributed by atoms with Crippen molar-refractivity contribution < 1.29 is 4.79 Å². The summed E-state index contributed by atoms with van der Waals surface area (Å²) in [6.07, 6.45) is 13.4. The summed E-state index contributed by atoms with van der Waals surface area (Å²) in [4.78, 5) is 16.7. The fraction of sp³-hybridized carbons (Fsp3) is 0.621. The molecule has 2 aromatic rings. The van der Waals surface area contributed by atoms with Crippen molar-refractivity contribution in [1.29, 1.82) is 0 Å². The van der Waals surface area contributed by atoms with Crippen LogP contribution in [0.1, 0.15) is 88.0 Å². The fourth-order valence-corrected chi connectivity index (χ4v) is 8.05. The van der Waals surface area contributed by atoms with E-state index in [9.17, 15) is 4.79 Å². The van der Waals surface area contributed by atoms with Crippen molar-refractivity contribution in [2.45, 2.75) is 88.6 Å². The zero-order valence-electron chi connectivity index (χ0n) is 21.0. The first kappa shape index (κ1) is 25.9. The monoisotopic (exact) mass is 500 g/mol. The first-order chi connectivity index (χ1) is 16.5. The Labute approximate surface area is 215 Å². The molecule has 2 saturated carbocycles. The Balaban J connectivity index is 0.000000162. The summed E-state index contributed by atoms with van der Waals surface area (Å²) >= 11 is 8.18. The van der Waals surface area contributed by atoms with Gasteiger partial charge in [0.05, 0.1) is 5.54 Å². The summed E-state index contributed by atoms with van der Waals surface area (Å²) in [6.45, 7) is 5.14. The Morgan fingerprint density at radius 1 is 0.971 bits per heavy atom. The minimum atomic E-state index is -0.559. The topological polar surface area (TPSA) is 32.3 Å². The second-order valence-electron chi connectivity index (χ2n) is 10.4. The molecule has 3 aliphatic rings. The molecule has 3 nitrogen and oxygen atoms in total. The quantitative estimate of drug-likeness (QED) is 0.470. The number of Topliss-reactive ketones (excluding diaryl/α,β-unsaturated/α-hetero) is 1. The van der Waals surface area contributed by atoms with Crippen LogP contribution in [0.15, 0.2) is 41.8 Å². The van der Waals surface area contributed by atoms with Gasteiger partial charge < -0.3 is 5.32 Å². The van der Waals surface area contributed by atoms with Gasteiger partial charge in [0.1, 0.15) is 5.54 Å². The Morgan fingerprint density at radius 2 is 1.74 bits per heavy atom. The van der Waals surface area contributed by atoms with Crippen molar-refractivity contribution in [3.8, 4) is 0 Å². The molecule has 2 heterocycles. The first-order valence-electron chi connectivity index (χ1n) is 13.3. The van der Waals surface area contributed by atoms with Gasteiger partial charge in [0.15, 0.2) is 5.78 Å². The van der Waals surface area contributed by atoms with Crippen LogP contribution in [0.25, 0.3) is 0 Å². The van der Waals surface area contributed by atoms with Crippen molar-refractivity contribution >= 4 is 28.7 Å². The lowest BCUT2D eigenvalue weighted by Gasteiger charge is -2.51. The number of benzene rings is 1. The van der Waals surface area contributed by atoms with Gasteiger partial charge in [0.2, 0.25) is 0 Å². The zero-order valence-corrected chi connectivity index (χ0v) is 22.5. The van der Waals surface area contributed by atoms with Gasteiger partial charge in [0, 0.05) is 16.3 Å². The second-order valence-corrected chi connectivity index (χ2v) is 11.7. The number of likely N-dealkylation sites (N-methyl/N-ethyl adjacent to an activating group) is 1. The average molecular weight is 501 g/mol. The van der Waals surface area contributed by atoms with E-state index in [-0.39, 0.29) is 5.78 Å². The van der Waals surface area contributed by atoms with Gasteiger partial charge in [-0.05, 0) is 87.7 Å².